The molecule has 0 aliphatic heterocycles. The van der Waals surface area contributed by atoms with E-state index < -0.39 is 4.92 Å². The highest BCUT2D eigenvalue weighted by Gasteiger charge is 2.28. The molecule has 0 aromatic carbocycles. The number of nitrogens with one attached hydrogen (secondary N) is 1. The predicted molar refractivity (Wildman–Crippen MR) is 80.2 cm³/mol. The van der Waals surface area contributed by atoms with E-state index in [9.17, 15) is 10.1 Å². The van der Waals surface area contributed by atoms with Crippen molar-refractivity contribution in [2.24, 2.45) is 5.84 Å². The van der Waals surface area contributed by atoms with Crippen molar-refractivity contribution in [3.8, 4) is 0 Å². The normalized spacial score (nSPS) is 12.0. The zero-order chi connectivity index (χ0) is 16.0. The van der Waals surface area contributed by atoms with E-state index in [1.54, 1.807) is 14.0 Å². The molecule has 3 N–H and O–H groups in total. The number of nitro groups is 1. The van der Waals surface area contributed by atoms with Crippen LogP contribution in [0.15, 0.2) is 0 Å². The molecule has 0 aliphatic carbocycles. The highest BCUT2D eigenvalue weighted by Crippen LogP contribution is 2.31. The average Bonchev–Trinajstić information content (AvgIpc) is 2.46. The van der Waals surface area contributed by atoms with E-state index in [4.69, 9.17) is 10.6 Å². The molecule has 1 rings (SSSR count). The molecule has 1 unspecified atom stereocenters. The van der Waals surface area contributed by atoms with Crippen LogP contribution >= 0.6 is 0 Å². The summed E-state index contributed by atoms with van der Waals surface area (Å²) in [4.78, 5) is 20.9. The summed E-state index contributed by atoms with van der Waals surface area (Å²) >= 11 is 0. The second-order valence-corrected chi connectivity index (χ2v) is 4.65. The molecule has 9 heteroatoms. The molecule has 118 valence electrons. The van der Waals surface area contributed by atoms with E-state index in [-0.39, 0.29) is 29.2 Å². The Morgan fingerprint density at radius 2 is 2.19 bits per heavy atom. The number of anilines is 2. The number of ether oxygens (including phenoxy) is 1. The predicted octanol–water partition coefficient (Wildman–Crippen LogP) is 1.23. The maximum absolute atomic E-state index is 11.3. The first-order valence-electron chi connectivity index (χ1n) is 6.71. The molecule has 0 fully saturated rings. The molecule has 0 bridgehead atoms. The Morgan fingerprint density at radius 1 is 1.52 bits per heavy atom. The van der Waals surface area contributed by atoms with Gasteiger partial charge in [0.25, 0.3) is 0 Å². The van der Waals surface area contributed by atoms with Crippen LogP contribution in [-0.4, -0.2) is 41.2 Å². The van der Waals surface area contributed by atoms with Gasteiger partial charge in [-0.1, -0.05) is 6.92 Å². The minimum absolute atomic E-state index is 0.0683. The Bertz CT molecular complexity index is 496. The van der Waals surface area contributed by atoms with E-state index >= 15 is 0 Å². The Labute approximate surface area is 123 Å². The number of hydrazine groups is 1. The summed E-state index contributed by atoms with van der Waals surface area (Å²) in [7, 11) is 1.58. The van der Waals surface area contributed by atoms with Gasteiger partial charge in [0.1, 0.15) is 5.69 Å². The van der Waals surface area contributed by atoms with Gasteiger partial charge >= 0.3 is 5.69 Å². The summed E-state index contributed by atoms with van der Waals surface area (Å²) in [5.41, 5.74) is 2.50. The van der Waals surface area contributed by atoms with E-state index in [1.165, 1.54) is 0 Å². The summed E-state index contributed by atoms with van der Waals surface area (Å²) in [6.45, 7) is 6.48. The Kier molecular flexibility index (Phi) is 6.25. The minimum Gasteiger partial charge on any atom is -0.383 e. The number of hydrogen-bond acceptors (Lipinski definition) is 8. The van der Waals surface area contributed by atoms with Crippen LogP contribution in [0.4, 0.5) is 17.5 Å². The molecule has 21 heavy (non-hydrogen) atoms. The number of rotatable bonds is 8. The third-order valence-electron chi connectivity index (χ3n) is 3.28. The zero-order valence-electron chi connectivity index (χ0n) is 12.8. The van der Waals surface area contributed by atoms with Crippen LogP contribution in [0.2, 0.25) is 0 Å². The van der Waals surface area contributed by atoms with Crippen molar-refractivity contribution in [3.05, 3.63) is 15.8 Å². The van der Waals surface area contributed by atoms with E-state index in [1.807, 2.05) is 18.7 Å². The fourth-order valence-electron chi connectivity index (χ4n) is 1.98. The van der Waals surface area contributed by atoms with Gasteiger partial charge in [-0.3, -0.25) is 15.5 Å². The number of methoxy groups -OCH3 is 1. The molecule has 0 spiro atoms. The van der Waals surface area contributed by atoms with Crippen LogP contribution in [0.1, 0.15) is 26.0 Å². The van der Waals surface area contributed by atoms with Gasteiger partial charge in [-0.2, -0.15) is 4.98 Å². The molecule has 0 saturated heterocycles. The van der Waals surface area contributed by atoms with Gasteiger partial charge in [-0.05, 0) is 20.3 Å². The molecule has 1 atom stereocenters. The fraction of sp³-hybridized carbons (Fsp3) is 0.667. The number of nitrogens with two attached hydrogens (primary N) is 1. The molecule has 0 radical (unpaired) electrons. The van der Waals surface area contributed by atoms with Crippen molar-refractivity contribution in [1.29, 1.82) is 0 Å². The molecule has 1 heterocycles. The largest absolute Gasteiger partial charge is 0.383 e. The van der Waals surface area contributed by atoms with Crippen LogP contribution in [-0.2, 0) is 4.74 Å². The first-order valence-corrected chi connectivity index (χ1v) is 6.71. The summed E-state index contributed by atoms with van der Waals surface area (Å²) in [6, 6.07) is 0.0683. The van der Waals surface area contributed by atoms with Gasteiger partial charge in [0.15, 0.2) is 0 Å². The standard InChI is InChI=1S/C12H22N6O3/c1-5-8(2)17(6-7-21-4)11-10(18(19)20)9(3)14-12(15-11)16-13/h8H,5-7,13H2,1-4H3,(H,14,15,16). The van der Waals surface area contributed by atoms with Crippen molar-refractivity contribution in [3.63, 3.8) is 0 Å². The van der Waals surface area contributed by atoms with Crippen LogP contribution in [0, 0.1) is 17.0 Å². The third kappa shape index (κ3) is 3.99. The minimum atomic E-state index is -0.465. The van der Waals surface area contributed by atoms with Crippen molar-refractivity contribution < 1.29 is 9.66 Å². The fourth-order valence-corrected chi connectivity index (χ4v) is 1.98. The van der Waals surface area contributed by atoms with Gasteiger partial charge in [0.05, 0.1) is 11.5 Å². The Balaban J connectivity index is 3.38. The van der Waals surface area contributed by atoms with E-state index in [2.05, 4.69) is 15.4 Å². The molecule has 0 amide bonds. The van der Waals surface area contributed by atoms with Gasteiger partial charge in [0, 0.05) is 19.7 Å². The second-order valence-electron chi connectivity index (χ2n) is 4.65. The van der Waals surface area contributed by atoms with Crippen molar-refractivity contribution in [2.45, 2.75) is 33.2 Å². The van der Waals surface area contributed by atoms with Gasteiger partial charge in [-0.25, -0.2) is 10.8 Å². The van der Waals surface area contributed by atoms with Gasteiger partial charge < -0.3 is 9.64 Å². The molecule has 9 nitrogen and oxygen atoms in total. The lowest BCUT2D eigenvalue weighted by Crippen LogP contribution is -2.37. The molecule has 1 aromatic heterocycles. The van der Waals surface area contributed by atoms with E-state index in [0.29, 0.717) is 13.2 Å². The highest BCUT2D eigenvalue weighted by molar-refractivity contribution is 5.62. The zero-order valence-corrected chi connectivity index (χ0v) is 12.8. The van der Waals surface area contributed by atoms with Crippen LogP contribution in [0.3, 0.4) is 0 Å². The molecule has 1 aromatic rings. The summed E-state index contributed by atoms with van der Waals surface area (Å²) in [5, 5.41) is 11.3. The van der Waals surface area contributed by atoms with Crippen LogP contribution in [0.25, 0.3) is 0 Å². The number of aromatic nitrogens is 2. The van der Waals surface area contributed by atoms with Crippen molar-refractivity contribution in [2.75, 3.05) is 30.6 Å². The molecule has 0 saturated carbocycles. The number of nitrogens with zero attached hydrogens (tertiary/aromatic N) is 4. The lowest BCUT2D eigenvalue weighted by Gasteiger charge is -2.29. The average molecular weight is 298 g/mol. The smallest absolute Gasteiger partial charge is 0.332 e. The van der Waals surface area contributed by atoms with Crippen LogP contribution < -0.4 is 16.2 Å². The number of nitrogen functional groups attached to an aromatic ring is 1. The topological polar surface area (TPSA) is 119 Å². The molecule has 0 aliphatic rings. The lowest BCUT2D eigenvalue weighted by molar-refractivity contribution is -0.385. The molecular formula is C12H22N6O3. The summed E-state index contributed by atoms with van der Waals surface area (Å²) in [6.07, 6.45) is 0.815. The SMILES string of the molecule is CCC(C)N(CCOC)c1nc(NN)nc(C)c1[N+](=O)[O-]. The quantitative estimate of drug-likeness (QED) is 0.418. The maximum Gasteiger partial charge on any atom is 0.332 e. The summed E-state index contributed by atoms with van der Waals surface area (Å²) < 4.78 is 5.08. The van der Waals surface area contributed by atoms with E-state index in [0.717, 1.165) is 6.42 Å². The Morgan fingerprint density at radius 3 is 2.67 bits per heavy atom. The third-order valence-corrected chi connectivity index (χ3v) is 3.28. The Hall–Kier alpha value is -2.00. The highest BCUT2D eigenvalue weighted by atomic mass is 16.6. The first kappa shape index (κ1) is 17.1. The maximum atomic E-state index is 11.3. The summed E-state index contributed by atoms with van der Waals surface area (Å²) in [5.74, 6) is 5.74. The van der Waals surface area contributed by atoms with Crippen molar-refractivity contribution >= 4 is 17.5 Å². The van der Waals surface area contributed by atoms with Gasteiger partial charge in [0.2, 0.25) is 11.8 Å². The number of hydrogen-bond donors (Lipinski definition) is 2. The van der Waals surface area contributed by atoms with Crippen LogP contribution in [0.5, 0.6) is 0 Å². The first-order chi connectivity index (χ1) is 9.96. The van der Waals surface area contributed by atoms with Gasteiger partial charge in [-0.15, -0.1) is 0 Å². The monoisotopic (exact) mass is 298 g/mol. The van der Waals surface area contributed by atoms with Crippen molar-refractivity contribution in [1.82, 2.24) is 9.97 Å². The molecular weight excluding hydrogens is 276 g/mol. The number of aryl methyl sites for hydroxylation is 1. The second kappa shape index (κ2) is 7.70. The lowest BCUT2D eigenvalue weighted by atomic mass is 10.2.